The molecular formula is C10H14BrClN2O2. The van der Waals surface area contributed by atoms with Crippen LogP contribution in [0.15, 0.2) is 4.47 Å². The van der Waals surface area contributed by atoms with Crippen LogP contribution in [0.5, 0.6) is 0 Å². The topological polar surface area (TPSA) is 44.2 Å². The number of halogens is 2. The van der Waals surface area contributed by atoms with Gasteiger partial charge in [0.25, 0.3) is 0 Å². The summed E-state index contributed by atoms with van der Waals surface area (Å²) in [5.41, 5.74) is 0.758. The van der Waals surface area contributed by atoms with Gasteiger partial charge in [-0.1, -0.05) is 11.6 Å². The summed E-state index contributed by atoms with van der Waals surface area (Å²) in [5, 5.41) is 0.411. The van der Waals surface area contributed by atoms with Crippen molar-refractivity contribution in [3.05, 3.63) is 21.1 Å². The van der Waals surface area contributed by atoms with Gasteiger partial charge in [0.2, 0.25) is 0 Å². The highest BCUT2D eigenvalue weighted by molar-refractivity contribution is 9.10. The van der Waals surface area contributed by atoms with Gasteiger partial charge < -0.3 is 9.47 Å². The largest absolute Gasteiger partial charge is 0.381 e. The summed E-state index contributed by atoms with van der Waals surface area (Å²) in [6.45, 7) is 3.65. The first-order chi connectivity index (χ1) is 7.69. The van der Waals surface area contributed by atoms with Crippen molar-refractivity contribution in [3.8, 4) is 0 Å². The number of methoxy groups -OCH3 is 1. The second-order valence-corrected chi connectivity index (χ2v) is 4.22. The Hall–Kier alpha value is -0.230. The predicted molar refractivity (Wildman–Crippen MR) is 65.7 cm³/mol. The highest BCUT2D eigenvalue weighted by Gasteiger charge is 2.10. The fraction of sp³-hybridized carbons (Fsp3) is 0.600. The maximum atomic E-state index is 5.97. The monoisotopic (exact) mass is 308 g/mol. The predicted octanol–water partition coefficient (Wildman–Crippen LogP) is 2.62. The van der Waals surface area contributed by atoms with Crippen molar-refractivity contribution < 1.29 is 9.47 Å². The zero-order valence-electron chi connectivity index (χ0n) is 9.30. The van der Waals surface area contributed by atoms with Gasteiger partial charge in [-0.3, -0.25) is 0 Å². The smallest absolute Gasteiger partial charge is 0.147 e. The van der Waals surface area contributed by atoms with Crippen LogP contribution in [0.3, 0.4) is 0 Å². The molecule has 0 aliphatic carbocycles. The molecular weight excluding hydrogens is 295 g/mol. The van der Waals surface area contributed by atoms with E-state index in [0.29, 0.717) is 41.7 Å². The molecule has 0 aliphatic heterocycles. The number of ether oxygens (including phenoxy) is 2. The molecule has 0 radical (unpaired) electrons. The molecule has 0 aliphatic rings. The lowest BCUT2D eigenvalue weighted by atomic mass is 10.3. The molecule has 0 aromatic carbocycles. The number of hydrogen-bond donors (Lipinski definition) is 0. The Morgan fingerprint density at radius 2 is 2.12 bits per heavy atom. The van der Waals surface area contributed by atoms with Gasteiger partial charge in [-0.2, -0.15) is 0 Å². The van der Waals surface area contributed by atoms with Gasteiger partial charge >= 0.3 is 0 Å². The van der Waals surface area contributed by atoms with E-state index in [2.05, 4.69) is 25.9 Å². The first kappa shape index (κ1) is 13.8. The van der Waals surface area contributed by atoms with Crippen molar-refractivity contribution >= 4 is 27.5 Å². The molecule has 0 unspecified atom stereocenters. The van der Waals surface area contributed by atoms with Crippen LogP contribution < -0.4 is 0 Å². The minimum absolute atomic E-state index is 0.407. The Labute approximate surface area is 108 Å². The summed E-state index contributed by atoms with van der Waals surface area (Å²) in [4.78, 5) is 8.51. The van der Waals surface area contributed by atoms with Crippen LogP contribution in [-0.4, -0.2) is 30.3 Å². The Kier molecular flexibility index (Phi) is 6.20. The van der Waals surface area contributed by atoms with E-state index in [1.807, 2.05) is 6.92 Å². The van der Waals surface area contributed by atoms with E-state index in [-0.39, 0.29) is 0 Å². The third kappa shape index (κ3) is 3.97. The quantitative estimate of drug-likeness (QED) is 0.598. The number of rotatable bonds is 6. The molecule has 4 nitrogen and oxygen atoms in total. The van der Waals surface area contributed by atoms with Crippen LogP contribution in [-0.2, 0) is 22.5 Å². The average molecular weight is 310 g/mol. The molecule has 0 saturated carbocycles. The van der Waals surface area contributed by atoms with Crippen LogP contribution in [0, 0.1) is 0 Å². The summed E-state index contributed by atoms with van der Waals surface area (Å²) >= 11 is 9.30. The van der Waals surface area contributed by atoms with Crippen LogP contribution in [0.2, 0.25) is 5.15 Å². The lowest BCUT2D eigenvalue weighted by molar-refractivity contribution is 0.149. The Balaban J connectivity index is 2.77. The van der Waals surface area contributed by atoms with E-state index in [9.17, 15) is 0 Å². The van der Waals surface area contributed by atoms with Gasteiger partial charge in [0.15, 0.2) is 0 Å². The Morgan fingerprint density at radius 1 is 1.38 bits per heavy atom. The number of aromatic nitrogens is 2. The van der Waals surface area contributed by atoms with E-state index < -0.39 is 0 Å². The Bertz CT molecular complexity index is 350. The molecule has 6 heteroatoms. The maximum Gasteiger partial charge on any atom is 0.147 e. The van der Waals surface area contributed by atoms with Crippen molar-refractivity contribution in [2.75, 3.05) is 20.3 Å². The summed E-state index contributed by atoms with van der Waals surface area (Å²) < 4.78 is 11.0. The average Bonchev–Trinajstić information content (AvgIpc) is 2.26. The SMILES string of the molecule is CCOCCc1nc(Cl)c(Br)c(COC)n1. The van der Waals surface area contributed by atoms with Crippen molar-refractivity contribution in [2.24, 2.45) is 0 Å². The zero-order valence-corrected chi connectivity index (χ0v) is 11.6. The maximum absolute atomic E-state index is 5.97. The number of hydrogen-bond acceptors (Lipinski definition) is 4. The summed E-state index contributed by atoms with van der Waals surface area (Å²) in [7, 11) is 1.61. The van der Waals surface area contributed by atoms with Crippen molar-refractivity contribution in [3.63, 3.8) is 0 Å². The van der Waals surface area contributed by atoms with Crippen LogP contribution in [0.4, 0.5) is 0 Å². The fourth-order valence-electron chi connectivity index (χ4n) is 1.16. The molecule has 0 amide bonds. The molecule has 0 N–H and O–H groups in total. The molecule has 0 saturated heterocycles. The van der Waals surface area contributed by atoms with Crippen LogP contribution in [0.1, 0.15) is 18.4 Å². The number of nitrogens with zero attached hydrogens (tertiary/aromatic N) is 2. The highest BCUT2D eigenvalue weighted by atomic mass is 79.9. The molecule has 0 spiro atoms. The van der Waals surface area contributed by atoms with Crippen molar-refractivity contribution in [1.29, 1.82) is 0 Å². The second kappa shape index (κ2) is 7.17. The van der Waals surface area contributed by atoms with E-state index in [1.54, 1.807) is 7.11 Å². The molecule has 1 aromatic rings. The second-order valence-electron chi connectivity index (χ2n) is 3.07. The van der Waals surface area contributed by atoms with Gasteiger partial charge in [0, 0.05) is 20.1 Å². The van der Waals surface area contributed by atoms with E-state index in [1.165, 1.54) is 0 Å². The minimum atomic E-state index is 0.407. The van der Waals surface area contributed by atoms with E-state index >= 15 is 0 Å². The van der Waals surface area contributed by atoms with Gasteiger partial charge in [-0.25, -0.2) is 9.97 Å². The molecule has 1 rings (SSSR count). The van der Waals surface area contributed by atoms with E-state index in [4.69, 9.17) is 21.1 Å². The zero-order chi connectivity index (χ0) is 12.0. The van der Waals surface area contributed by atoms with Gasteiger partial charge in [-0.15, -0.1) is 0 Å². The van der Waals surface area contributed by atoms with Crippen molar-refractivity contribution in [1.82, 2.24) is 9.97 Å². The third-order valence-corrected chi connectivity index (χ3v) is 3.22. The first-order valence-electron chi connectivity index (χ1n) is 4.96. The third-order valence-electron chi connectivity index (χ3n) is 1.88. The first-order valence-corrected chi connectivity index (χ1v) is 6.13. The van der Waals surface area contributed by atoms with Gasteiger partial charge in [0.05, 0.1) is 23.4 Å². The van der Waals surface area contributed by atoms with Crippen molar-refractivity contribution in [2.45, 2.75) is 20.0 Å². The molecule has 16 heavy (non-hydrogen) atoms. The molecule has 0 atom stereocenters. The summed E-state index contributed by atoms with van der Waals surface area (Å²) in [6, 6.07) is 0. The normalized spacial score (nSPS) is 10.8. The molecule has 90 valence electrons. The molecule has 0 bridgehead atoms. The van der Waals surface area contributed by atoms with Gasteiger partial charge in [-0.05, 0) is 22.9 Å². The van der Waals surface area contributed by atoms with Gasteiger partial charge in [0.1, 0.15) is 11.0 Å². The fourth-order valence-corrected chi connectivity index (χ4v) is 1.66. The molecule has 1 aromatic heterocycles. The molecule has 1 heterocycles. The highest BCUT2D eigenvalue weighted by Crippen LogP contribution is 2.23. The van der Waals surface area contributed by atoms with E-state index in [0.717, 1.165) is 5.69 Å². The Morgan fingerprint density at radius 3 is 2.75 bits per heavy atom. The lowest BCUT2D eigenvalue weighted by Gasteiger charge is -2.07. The standard InChI is InChI=1S/C10H14BrClN2O2/c1-3-16-5-4-8-13-7(6-15-2)9(11)10(12)14-8/h3-6H2,1-2H3. The summed E-state index contributed by atoms with van der Waals surface area (Å²) in [6.07, 6.45) is 0.650. The summed E-state index contributed by atoms with van der Waals surface area (Å²) in [5.74, 6) is 0.675. The lowest BCUT2D eigenvalue weighted by Crippen LogP contribution is -2.06. The van der Waals surface area contributed by atoms with Crippen LogP contribution in [0.25, 0.3) is 0 Å². The molecule has 0 fully saturated rings. The minimum Gasteiger partial charge on any atom is -0.381 e. The van der Waals surface area contributed by atoms with Crippen LogP contribution >= 0.6 is 27.5 Å².